The summed E-state index contributed by atoms with van der Waals surface area (Å²) in [5.41, 5.74) is 0. The Morgan fingerprint density at radius 2 is 0.580 bits per heavy atom. The minimum absolute atomic E-state index is 0.0114. The predicted molar refractivity (Wildman–Crippen MR) is 356 cm³/mol. The number of carbonyl (C=O) groups is 2. The lowest BCUT2D eigenvalue weighted by molar-refractivity contribution is -0.143. The molecule has 0 aromatic rings. The van der Waals surface area contributed by atoms with Crippen LogP contribution in [0.15, 0.2) is 24.3 Å². The monoisotopic (exact) mass is 1140 g/mol. The maximum atomic E-state index is 12.5. The second kappa shape index (κ2) is 70.8. The van der Waals surface area contributed by atoms with Crippen LogP contribution >= 0.6 is 0 Å². The molecule has 2 unspecified atom stereocenters. The van der Waals surface area contributed by atoms with Crippen molar-refractivity contribution in [3.8, 4) is 0 Å². The van der Waals surface area contributed by atoms with E-state index in [1.807, 2.05) is 6.08 Å². The molecular weight excluding hydrogens is 995 g/mol. The zero-order valence-corrected chi connectivity index (χ0v) is 55.0. The van der Waals surface area contributed by atoms with Crippen LogP contribution in [0.5, 0.6) is 0 Å². The normalized spacial score (nSPS) is 12.6. The number of hydrogen-bond donors (Lipinski definition) is 3. The fourth-order valence-electron chi connectivity index (χ4n) is 11.8. The molecule has 3 N–H and O–H groups in total. The van der Waals surface area contributed by atoms with Crippen molar-refractivity contribution in [1.82, 2.24) is 5.32 Å². The number of aliphatic hydroxyl groups excluding tert-OH is 2. The lowest BCUT2D eigenvalue weighted by Gasteiger charge is -2.20. The van der Waals surface area contributed by atoms with Gasteiger partial charge in [0.15, 0.2) is 0 Å². The molecule has 0 bridgehead atoms. The first-order chi connectivity index (χ1) is 40.0. The van der Waals surface area contributed by atoms with Gasteiger partial charge in [0.05, 0.1) is 25.4 Å². The van der Waals surface area contributed by atoms with Crippen LogP contribution in [0.1, 0.15) is 418 Å². The molecule has 0 aliphatic rings. The molecule has 0 aromatic carbocycles. The number of unbranched alkanes of at least 4 members (excludes halogenated alkanes) is 57. The van der Waals surface area contributed by atoms with Crippen LogP contribution in [0.4, 0.5) is 0 Å². The number of nitrogens with one attached hydrogen (secondary N) is 1. The Morgan fingerprint density at radius 1 is 0.333 bits per heavy atom. The summed E-state index contributed by atoms with van der Waals surface area (Å²) < 4.78 is 5.49. The third-order valence-electron chi connectivity index (χ3n) is 17.5. The highest BCUT2D eigenvalue weighted by atomic mass is 16.5. The van der Waals surface area contributed by atoms with Gasteiger partial charge in [0.1, 0.15) is 0 Å². The number of hydrogen-bond acceptors (Lipinski definition) is 5. The lowest BCUT2D eigenvalue weighted by atomic mass is 10.0. The largest absolute Gasteiger partial charge is 0.466 e. The molecule has 0 saturated carbocycles. The van der Waals surface area contributed by atoms with Gasteiger partial charge in [-0.3, -0.25) is 9.59 Å². The minimum Gasteiger partial charge on any atom is -0.466 e. The molecule has 0 saturated heterocycles. The summed E-state index contributed by atoms with van der Waals surface area (Å²) in [5, 5.41) is 23.3. The molecule has 2 atom stereocenters. The van der Waals surface area contributed by atoms with Crippen LogP contribution in [0.2, 0.25) is 0 Å². The summed E-state index contributed by atoms with van der Waals surface area (Å²) in [6.45, 7) is 4.94. The number of esters is 1. The van der Waals surface area contributed by atoms with Gasteiger partial charge in [0, 0.05) is 12.8 Å². The van der Waals surface area contributed by atoms with Crippen LogP contribution in [0, 0.1) is 0 Å². The highest BCUT2D eigenvalue weighted by molar-refractivity contribution is 5.76. The Morgan fingerprint density at radius 3 is 0.877 bits per heavy atom. The number of ether oxygens (including phenoxy) is 1. The lowest BCUT2D eigenvalue weighted by Crippen LogP contribution is -2.45. The van der Waals surface area contributed by atoms with E-state index in [1.165, 1.54) is 347 Å². The molecule has 0 aromatic heterocycles. The van der Waals surface area contributed by atoms with Gasteiger partial charge >= 0.3 is 5.97 Å². The van der Waals surface area contributed by atoms with Gasteiger partial charge in [-0.15, -0.1) is 0 Å². The predicted octanol–water partition coefficient (Wildman–Crippen LogP) is 24.1. The van der Waals surface area contributed by atoms with Crippen molar-refractivity contribution in [1.29, 1.82) is 0 Å². The van der Waals surface area contributed by atoms with Gasteiger partial charge in [-0.2, -0.15) is 0 Å². The zero-order valence-electron chi connectivity index (χ0n) is 55.0. The highest BCUT2D eigenvalue weighted by Crippen LogP contribution is 2.19. The second-order valence-corrected chi connectivity index (χ2v) is 25.6. The summed E-state index contributed by atoms with van der Waals surface area (Å²) in [5.74, 6) is -0.0491. The van der Waals surface area contributed by atoms with Crippen molar-refractivity contribution in [2.75, 3.05) is 13.2 Å². The van der Waals surface area contributed by atoms with Crippen molar-refractivity contribution >= 4 is 11.9 Å². The van der Waals surface area contributed by atoms with Gasteiger partial charge in [0.2, 0.25) is 5.91 Å². The van der Waals surface area contributed by atoms with E-state index in [9.17, 15) is 19.8 Å². The van der Waals surface area contributed by atoms with E-state index < -0.39 is 12.1 Å². The molecule has 1 amide bonds. The van der Waals surface area contributed by atoms with Gasteiger partial charge in [-0.1, -0.05) is 372 Å². The summed E-state index contributed by atoms with van der Waals surface area (Å²) in [6, 6.07) is -0.626. The van der Waals surface area contributed by atoms with Crippen molar-refractivity contribution < 1.29 is 24.5 Å². The highest BCUT2D eigenvalue weighted by Gasteiger charge is 2.18. The molecule has 0 fully saturated rings. The smallest absolute Gasteiger partial charge is 0.305 e. The molecule has 0 rings (SSSR count). The van der Waals surface area contributed by atoms with E-state index in [1.54, 1.807) is 6.08 Å². The molecule has 6 nitrogen and oxygen atoms in total. The maximum absolute atomic E-state index is 12.5. The average Bonchev–Trinajstić information content (AvgIpc) is 3.47. The summed E-state index contributed by atoms with van der Waals surface area (Å²) in [4.78, 5) is 24.6. The van der Waals surface area contributed by atoms with E-state index in [0.29, 0.717) is 19.4 Å². The Kier molecular flexibility index (Phi) is 69.4. The summed E-state index contributed by atoms with van der Waals surface area (Å²) in [7, 11) is 0. The molecule has 0 aliphatic heterocycles. The molecule has 0 heterocycles. The van der Waals surface area contributed by atoms with Crippen LogP contribution in [0.25, 0.3) is 0 Å². The van der Waals surface area contributed by atoms with E-state index in [-0.39, 0.29) is 18.5 Å². The number of rotatable bonds is 70. The molecule has 0 radical (unpaired) electrons. The Balaban J connectivity index is 3.37. The molecule has 480 valence electrons. The zero-order chi connectivity index (χ0) is 58.5. The molecular formula is C75H145NO5. The van der Waals surface area contributed by atoms with Crippen molar-refractivity contribution in [3.05, 3.63) is 24.3 Å². The third-order valence-corrected chi connectivity index (χ3v) is 17.5. The number of aliphatic hydroxyl groups is 2. The Bertz CT molecular complexity index is 1270. The fraction of sp³-hybridized carbons (Fsp3) is 0.920. The standard InChI is InChI=1S/C75H145NO5/c1-3-5-7-9-11-13-15-17-19-20-21-30-33-36-40-43-47-51-55-59-63-67-73(78)72(71-77)76-74(79)68-64-60-56-52-48-44-41-37-34-31-28-26-24-22-23-25-27-29-32-35-38-42-46-50-54-58-62-66-70-81-75(80)69-65-61-57-53-49-45-39-18-16-14-12-10-8-6-4-2/h18,39,63,67,72-73,77-78H,3-17,19-38,40-62,64-66,68-71H2,1-2H3,(H,76,79)/b39-18-,67-63+. The van der Waals surface area contributed by atoms with Gasteiger partial charge in [-0.05, 0) is 57.8 Å². The maximum Gasteiger partial charge on any atom is 0.305 e. The van der Waals surface area contributed by atoms with Crippen LogP contribution in [-0.2, 0) is 14.3 Å². The average molecular weight is 1140 g/mol. The van der Waals surface area contributed by atoms with Crippen molar-refractivity contribution in [2.45, 2.75) is 431 Å². The van der Waals surface area contributed by atoms with Crippen LogP contribution < -0.4 is 5.32 Å². The molecule has 0 spiro atoms. The number of carbonyl (C=O) groups excluding carboxylic acids is 2. The Labute approximate surface area is 507 Å². The molecule has 6 heteroatoms. The molecule has 0 aliphatic carbocycles. The van der Waals surface area contributed by atoms with E-state index >= 15 is 0 Å². The van der Waals surface area contributed by atoms with Crippen molar-refractivity contribution in [3.63, 3.8) is 0 Å². The van der Waals surface area contributed by atoms with Gasteiger partial charge in [-0.25, -0.2) is 0 Å². The van der Waals surface area contributed by atoms with Crippen LogP contribution in [-0.4, -0.2) is 47.4 Å². The SMILES string of the molecule is CCCCCCCC/C=C\CCCCCCCC(=O)OCCCCCCCCCCCCCCCCCCCCCCCCCCCCCCC(=O)NC(CO)C(O)/C=C/CCCCCCCCCCCCCCCCCCCCC. The third kappa shape index (κ3) is 67.3. The van der Waals surface area contributed by atoms with Gasteiger partial charge < -0.3 is 20.3 Å². The number of amides is 1. The first kappa shape index (κ1) is 79.3. The summed E-state index contributed by atoms with van der Waals surface area (Å²) >= 11 is 0. The minimum atomic E-state index is -0.843. The Hall–Kier alpha value is -1.66. The van der Waals surface area contributed by atoms with Crippen LogP contribution in [0.3, 0.4) is 0 Å². The first-order valence-corrected chi connectivity index (χ1v) is 37.1. The van der Waals surface area contributed by atoms with E-state index in [0.717, 1.165) is 44.9 Å². The quantitative estimate of drug-likeness (QED) is 0.0320. The van der Waals surface area contributed by atoms with E-state index in [2.05, 4.69) is 31.3 Å². The molecule has 81 heavy (non-hydrogen) atoms. The summed E-state index contributed by atoms with van der Waals surface area (Å²) in [6.07, 6.45) is 89.9. The topological polar surface area (TPSA) is 95.9 Å². The van der Waals surface area contributed by atoms with Gasteiger partial charge in [0.25, 0.3) is 0 Å². The fourth-order valence-corrected chi connectivity index (χ4v) is 11.8. The first-order valence-electron chi connectivity index (χ1n) is 37.1. The number of allylic oxidation sites excluding steroid dienone is 3. The van der Waals surface area contributed by atoms with Crippen molar-refractivity contribution in [2.24, 2.45) is 0 Å². The second-order valence-electron chi connectivity index (χ2n) is 25.6. The van der Waals surface area contributed by atoms with E-state index in [4.69, 9.17) is 4.74 Å².